The molecular formula is C26H26BrNO6. The number of benzene rings is 3. The van der Waals surface area contributed by atoms with E-state index >= 15 is 0 Å². The van der Waals surface area contributed by atoms with Crippen LogP contribution in [0, 0.1) is 0 Å². The molecule has 0 heterocycles. The van der Waals surface area contributed by atoms with Crippen molar-refractivity contribution in [3.63, 3.8) is 0 Å². The van der Waals surface area contributed by atoms with Gasteiger partial charge in [-0.25, -0.2) is 4.79 Å². The van der Waals surface area contributed by atoms with Gasteiger partial charge in [0.25, 0.3) is 5.91 Å². The summed E-state index contributed by atoms with van der Waals surface area (Å²) >= 11 is 3.31. The first-order chi connectivity index (χ1) is 16.3. The number of methoxy groups -OCH3 is 2. The van der Waals surface area contributed by atoms with Crippen molar-refractivity contribution < 1.29 is 28.9 Å². The predicted octanol–water partition coefficient (Wildman–Crippen LogP) is 5.33. The van der Waals surface area contributed by atoms with Gasteiger partial charge in [-0.05, 0) is 58.2 Å². The highest BCUT2D eigenvalue weighted by molar-refractivity contribution is 9.10. The van der Waals surface area contributed by atoms with E-state index in [1.165, 1.54) is 6.07 Å². The summed E-state index contributed by atoms with van der Waals surface area (Å²) < 4.78 is 16.9. The number of carbonyl (C=O) groups excluding carboxylic acids is 1. The van der Waals surface area contributed by atoms with Crippen molar-refractivity contribution in [1.82, 2.24) is 4.90 Å². The highest BCUT2D eigenvalue weighted by Gasteiger charge is 2.24. The van der Waals surface area contributed by atoms with Crippen molar-refractivity contribution in [2.24, 2.45) is 0 Å². The maximum Gasteiger partial charge on any atom is 0.339 e. The van der Waals surface area contributed by atoms with Gasteiger partial charge in [0, 0.05) is 6.54 Å². The van der Waals surface area contributed by atoms with E-state index in [2.05, 4.69) is 15.9 Å². The number of para-hydroxylation sites is 1. The lowest BCUT2D eigenvalue weighted by atomic mass is 10.1. The molecule has 178 valence electrons. The third-order valence-corrected chi connectivity index (χ3v) is 6.03. The number of rotatable bonds is 10. The lowest BCUT2D eigenvalue weighted by Gasteiger charge is -2.30. The molecule has 1 atom stereocenters. The van der Waals surface area contributed by atoms with Gasteiger partial charge in [0.05, 0.1) is 24.7 Å². The Bertz CT molecular complexity index is 1150. The number of carboxylic acids is 1. The van der Waals surface area contributed by atoms with Crippen LogP contribution >= 0.6 is 15.9 Å². The summed E-state index contributed by atoms with van der Waals surface area (Å²) in [4.78, 5) is 26.7. The summed E-state index contributed by atoms with van der Waals surface area (Å²) in [6.07, 6.45) is 0. The van der Waals surface area contributed by atoms with E-state index in [-0.39, 0.29) is 29.9 Å². The number of carbonyl (C=O) groups is 2. The summed E-state index contributed by atoms with van der Waals surface area (Å²) in [7, 11) is 3.12. The fraction of sp³-hybridized carbons (Fsp3) is 0.231. The smallest absolute Gasteiger partial charge is 0.339 e. The normalized spacial score (nSPS) is 11.4. The second-order valence-corrected chi connectivity index (χ2v) is 8.36. The van der Waals surface area contributed by atoms with Crippen LogP contribution in [0.25, 0.3) is 0 Å². The van der Waals surface area contributed by atoms with Crippen molar-refractivity contribution in [2.45, 2.75) is 19.5 Å². The van der Waals surface area contributed by atoms with Crippen LogP contribution in [0.1, 0.15) is 34.5 Å². The zero-order chi connectivity index (χ0) is 24.7. The number of carboxylic acid groups (broad SMARTS) is 1. The molecule has 0 aromatic heterocycles. The molecule has 1 N–H and O–H groups in total. The Labute approximate surface area is 207 Å². The maximum absolute atomic E-state index is 13.4. The van der Waals surface area contributed by atoms with Gasteiger partial charge in [-0.1, -0.05) is 42.5 Å². The molecule has 34 heavy (non-hydrogen) atoms. The van der Waals surface area contributed by atoms with Crippen LogP contribution in [0.3, 0.4) is 0 Å². The molecule has 0 fully saturated rings. The SMILES string of the molecule is COc1ccc(CN(C(=O)COc2c(Br)cccc2C(=O)O)[C@@H](C)c2ccccc2)cc1OC. The molecular weight excluding hydrogens is 502 g/mol. The molecule has 3 aromatic rings. The van der Waals surface area contributed by atoms with Crippen LogP contribution in [0.2, 0.25) is 0 Å². The fourth-order valence-electron chi connectivity index (χ4n) is 3.57. The summed E-state index contributed by atoms with van der Waals surface area (Å²) in [5.74, 6) is -0.155. The molecule has 0 saturated heterocycles. The molecule has 0 spiro atoms. The molecule has 3 aromatic carbocycles. The number of hydrogen-bond donors (Lipinski definition) is 1. The van der Waals surface area contributed by atoms with Gasteiger partial charge >= 0.3 is 5.97 Å². The topological polar surface area (TPSA) is 85.3 Å². The quantitative estimate of drug-likeness (QED) is 0.383. The van der Waals surface area contributed by atoms with E-state index in [0.717, 1.165) is 11.1 Å². The molecule has 0 aliphatic rings. The van der Waals surface area contributed by atoms with Gasteiger partial charge in [0.2, 0.25) is 0 Å². The Morgan fingerprint density at radius 3 is 2.32 bits per heavy atom. The summed E-state index contributed by atoms with van der Waals surface area (Å²) in [6, 6.07) is 19.6. The van der Waals surface area contributed by atoms with Crippen molar-refractivity contribution in [3.8, 4) is 17.2 Å². The molecule has 0 saturated carbocycles. The van der Waals surface area contributed by atoms with Crippen LogP contribution < -0.4 is 14.2 Å². The van der Waals surface area contributed by atoms with Crippen LogP contribution in [0.5, 0.6) is 17.2 Å². The average Bonchev–Trinajstić information content (AvgIpc) is 2.86. The van der Waals surface area contributed by atoms with Crippen LogP contribution in [-0.2, 0) is 11.3 Å². The largest absolute Gasteiger partial charge is 0.493 e. The first-order valence-electron chi connectivity index (χ1n) is 10.6. The van der Waals surface area contributed by atoms with E-state index in [0.29, 0.717) is 22.5 Å². The number of aromatic carboxylic acids is 1. The Morgan fingerprint density at radius 2 is 1.68 bits per heavy atom. The minimum absolute atomic E-state index is 0.0234. The molecule has 0 aliphatic heterocycles. The van der Waals surface area contributed by atoms with Crippen LogP contribution in [-0.4, -0.2) is 42.7 Å². The Balaban J connectivity index is 1.88. The maximum atomic E-state index is 13.4. The first-order valence-corrected chi connectivity index (χ1v) is 11.3. The number of nitrogens with zero attached hydrogens (tertiary/aromatic N) is 1. The lowest BCUT2D eigenvalue weighted by molar-refractivity contribution is -0.136. The van der Waals surface area contributed by atoms with Crippen LogP contribution in [0.4, 0.5) is 0 Å². The Kier molecular flexibility index (Phi) is 8.54. The fourth-order valence-corrected chi connectivity index (χ4v) is 4.05. The minimum atomic E-state index is -1.14. The lowest BCUT2D eigenvalue weighted by Crippen LogP contribution is -2.36. The molecule has 0 bridgehead atoms. The Hall–Kier alpha value is -3.52. The standard InChI is InChI=1S/C26H26BrNO6/c1-17(19-8-5-4-6-9-19)28(15-18-12-13-22(32-2)23(14-18)33-3)24(29)16-34-25-20(26(30)31)10-7-11-21(25)27/h4-14,17H,15-16H2,1-3H3,(H,30,31)/t17-/m0/s1. The number of amides is 1. The molecule has 0 radical (unpaired) electrons. The molecule has 0 unspecified atom stereocenters. The van der Waals surface area contributed by atoms with E-state index < -0.39 is 5.97 Å². The second-order valence-electron chi connectivity index (χ2n) is 7.51. The van der Waals surface area contributed by atoms with E-state index in [1.807, 2.05) is 49.4 Å². The van der Waals surface area contributed by atoms with Gasteiger partial charge in [0.1, 0.15) is 11.3 Å². The van der Waals surface area contributed by atoms with Gasteiger partial charge in [-0.2, -0.15) is 0 Å². The zero-order valence-corrected chi connectivity index (χ0v) is 20.7. The molecule has 7 nitrogen and oxygen atoms in total. The number of halogens is 1. The zero-order valence-electron chi connectivity index (χ0n) is 19.2. The number of ether oxygens (including phenoxy) is 3. The van der Waals surface area contributed by atoms with E-state index in [9.17, 15) is 14.7 Å². The van der Waals surface area contributed by atoms with Crippen molar-refractivity contribution in [2.75, 3.05) is 20.8 Å². The third kappa shape index (κ3) is 5.88. The van der Waals surface area contributed by atoms with Crippen molar-refractivity contribution in [1.29, 1.82) is 0 Å². The molecule has 3 rings (SSSR count). The van der Waals surface area contributed by atoms with E-state index in [1.54, 1.807) is 37.3 Å². The molecule has 1 amide bonds. The Morgan fingerprint density at radius 1 is 0.971 bits per heavy atom. The van der Waals surface area contributed by atoms with Gasteiger partial charge in [0.15, 0.2) is 18.1 Å². The van der Waals surface area contributed by atoms with Gasteiger partial charge in [-0.3, -0.25) is 4.79 Å². The first kappa shape index (κ1) is 25.1. The second kappa shape index (κ2) is 11.6. The van der Waals surface area contributed by atoms with Gasteiger partial charge in [-0.15, -0.1) is 0 Å². The highest BCUT2D eigenvalue weighted by atomic mass is 79.9. The highest BCUT2D eigenvalue weighted by Crippen LogP contribution is 2.31. The van der Waals surface area contributed by atoms with Crippen molar-refractivity contribution >= 4 is 27.8 Å². The van der Waals surface area contributed by atoms with Gasteiger partial charge < -0.3 is 24.2 Å². The summed E-state index contributed by atoms with van der Waals surface area (Å²) in [5, 5.41) is 9.47. The molecule has 0 aliphatic carbocycles. The molecule has 8 heteroatoms. The third-order valence-electron chi connectivity index (χ3n) is 5.41. The van der Waals surface area contributed by atoms with Crippen molar-refractivity contribution in [3.05, 3.63) is 87.9 Å². The summed E-state index contributed by atoms with van der Waals surface area (Å²) in [5.41, 5.74) is 1.79. The average molecular weight is 528 g/mol. The summed E-state index contributed by atoms with van der Waals surface area (Å²) in [6.45, 7) is 1.91. The van der Waals surface area contributed by atoms with E-state index in [4.69, 9.17) is 14.2 Å². The number of hydrogen-bond acceptors (Lipinski definition) is 5. The predicted molar refractivity (Wildman–Crippen MR) is 132 cm³/mol. The van der Waals surface area contributed by atoms with Crippen LogP contribution in [0.15, 0.2) is 71.2 Å². The monoisotopic (exact) mass is 527 g/mol. The minimum Gasteiger partial charge on any atom is -0.493 e.